The van der Waals surface area contributed by atoms with Crippen LogP contribution in [0.2, 0.25) is 5.02 Å². The third kappa shape index (κ3) is 3.75. The van der Waals surface area contributed by atoms with Crippen molar-refractivity contribution in [3.8, 4) is 11.3 Å². The molecule has 0 atom stereocenters. The molecular weight excluding hydrogens is 367 g/mol. The number of furan rings is 1. The fraction of sp³-hybridized carbons (Fsp3) is 0.105. The van der Waals surface area contributed by atoms with Crippen LogP contribution in [0.15, 0.2) is 59.0 Å². The second-order valence-electron chi connectivity index (χ2n) is 5.59. The molecule has 0 aliphatic heterocycles. The third-order valence-corrected chi connectivity index (χ3v) is 4.09. The van der Waals surface area contributed by atoms with Crippen LogP contribution in [-0.4, -0.2) is 5.91 Å². The first kappa shape index (κ1) is 18.1. The smallest absolute Gasteiger partial charge is 0.416 e. The highest BCUT2D eigenvalue weighted by molar-refractivity contribution is 6.34. The van der Waals surface area contributed by atoms with Crippen molar-refractivity contribution in [3.05, 3.63) is 76.5 Å². The lowest BCUT2D eigenvalue weighted by Gasteiger charge is -2.11. The normalized spacial score (nSPS) is 11.4. The van der Waals surface area contributed by atoms with E-state index >= 15 is 0 Å². The van der Waals surface area contributed by atoms with Crippen LogP contribution in [0.5, 0.6) is 0 Å². The van der Waals surface area contributed by atoms with Crippen LogP contribution >= 0.6 is 11.6 Å². The first-order valence-corrected chi connectivity index (χ1v) is 7.97. The predicted molar refractivity (Wildman–Crippen MR) is 93.3 cm³/mol. The second kappa shape index (κ2) is 6.88. The van der Waals surface area contributed by atoms with E-state index in [1.165, 1.54) is 0 Å². The van der Waals surface area contributed by atoms with E-state index in [-0.39, 0.29) is 16.3 Å². The minimum atomic E-state index is -4.53. The molecule has 1 amide bonds. The van der Waals surface area contributed by atoms with Crippen molar-refractivity contribution < 1.29 is 22.4 Å². The number of amides is 1. The highest BCUT2D eigenvalue weighted by Gasteiger charge is 2.31. The van der Waals surface area contributed by atoms with E-state index in [0.717, 1.165) is 23.8 Å². The maximum atomic E-state index is 12.8. The third-order valence-electron chi connectivity index (χ3n) is 3.76. The standard InChI is InChI=1S/C19H13ClF3NO2/c1-11-14(10-17(26-11)12-5-3-2-4-6-12)18(25)24-16-9-13(19(21,22)23)7-8-15(16)20/h2-10H,1H3,(H,24,25). The summed E-state index contributed by atoms with van der Waals surface area (Å²) in [5, 5.41) is 2.42. The SMILES string of the molecule is Cc1oc(-c2ccccc2)cc1C(=O)Nc1cc(C(F)(F)F)ccc1Cl. The minimum absolute atomic E-state index is 0.00998. The van der Waals surface area contributed by atoms with Crippen molar-refractivity contribution in [3.63, 3.8) is 0 Å². The van der Waals surface area contributed by atoms with Gasteiger partial charge in [-0.1, -0.05) is 41.9 Å². The van der Waals surface area contributed by atoms with Gasteiger partial charge in [0.2, 0.25) is 0 Å². The number of rotatable bonds is 3. The monoisotopic (exact) mass is 379 g/mol. The predicted octanol–water partition coefficient (Wildman–Crippen LogP) is 6.18. The number of benzene rings is 2. The van der Waals surface area contributed by atoms with E-state index in [2.05, 4.69) is 5.32 Å². The molecule has 134 valence electrons. The van der Waals surface area contributed by atoms with E-state index in [0.29, 0.717) is 11.5 Å². The lowest BCUT2D eigenvalue weighted by Crippen LogP contribution is -2.14. The zero-order valence-corrected chi connectivity index (χ0v) is 14.3. The summed E-state index contributed by atoms with van der Waals surface area (Å²) >= 11 is 5.91. The molecule has 0 aliphatic carbocycles. The van der Waals surface area contributed by atoms with Crippen LogP contribution in [0, 0.1) is 6.92 Å². The van der Waals surface area contributed by atoms with Crippen molar-refractivity contribution in [2.75, 3.05) is 5.32 Å². The Morgan fingerprint density at radius 2 is 1.77 bits per heavy atom. The second-order valence-corrected chi connectivity index (χ2v) is 6.00. The molecule has 2 aromatic carbocycles. The number of anilines is 1. The van der Waals surface area contributed by atoms with Crippen molar-refractivity contribution in [2.24, 2.45) is 0 Å². The van der Waals surface area contributed by atoms with Crippen LogP contribution in [0.1, 0.15) is 21.7 Å². The summed E-state index contributed by atoms with van der Waals surface area (Å²) in [7, 11) is 0. The molecule has 0 saturated heterocycles. The van der Waals surface area contributed by atoms with Gasteiger partial charge in [0, 0.05) is 5.56 Å². The van der Waals surface area contributed by atoms with Crippen molar-refractivity contribution in [1.29, 1.82) is 0 Å². The molecule has 0 spiro atoms. The molecule has 3 nitrogen and oxygen atoms in total. The molecule has 0 aliphatic rings. The lowest BCUT2D eigenvalue weighted by atomic mass is 10.1. The van der Waals surface area contributed by atoms with Gasteiger partial charge in [-0.25, -0.2) is 0 Å². The minimum Gasteiger partial charge on any atom is -0.461 e. The van der Waals surface area contributed by atoms with Gasteiger partial charge in [-0.05, 0) is 31.2 Å². The molecule has 3 rings (SSSR count). The fourth-order valence-electron chi connectivity index (χ4n) is 2.44. The first-order chi connectivity index (χ1) is 12.3. The number of alkyl halides is 3. The molecule has 1 aromatic heterocycles. The Hall–Kier alpha value is -2.73. The summed E-state index contributed by atoms with van der Waals surface area (Å²) < 4.78 is 44.1. The van der Waals surface area contributed by atoms with Crippen molar-refractivity contribution >= 4 is 23.2 Å². The highest BCUT2D eigenvalue weighted by atomic mass is 35.5. The number of carbonyl (C=O) groups excluding carboxylic acids is 1. The topological polar surface area (TPSA) is 42.2 Å². The van der Waals surface area contributed by atoms with Gasteiger partial charge in [0.05, 0.1) is 21.8 Å². The Morgan fingerprint density at radius 3 is 2.42 bits per heavy atom. The molecule has 0 saturated carbocycles. The molecule has 3 aromatic rings. The highest BCUT2D eigenvalue weighted by Crippen LogP contribution is 2.34. The Kier molecular flexibility index (Phi) is 4.78. The first-order valence-electron chi connectivity index (χ1n) is 7.59. The van der Waals surface area contributed by atoms with E-state index in [1.807, 2.05) is 30.3 Å². The number of carbonyl (C=O) groups is 1. The van der Waals surface area contributed by atoms with Gasteiger partial charge in [-0.2, -0.15) is 13.2 Å². The summed E-state index contributed by atoms with van der Waals surface area (Å²) in [6.07, 6.45) is -4.53. The molecule has 7 heteroatoms. The molecule has 0 radical (unpaired) electrons. The van der Waals surface area contributed by atoms with Gasteiger partial charge in [0.15, 0.2) is 0 Å². The van der Waals surface area contributed by atoms with E-state index in [9.17, 15) is 18.0 Å². The number of aryl methyl sites for hydroxylation is 1. The van der Waals surface area contributed by atoms with Gasteiger partial charge in [0.1, 0.15) is 11.5 Å². The quantitative estimate of drug-likeness (QED) is 0.590. The zero-order valence-electron chi connectivity index (χ0n) is 13.5. The molecule has 0 unspecified atom stereocenters. The van der Waals surface area contributed by atoms with Crippen LogP contribution in [0.3, 0.4) is 0 Å². The average Bonchev–Trinajstić information content (AvgIpc) is 2.98. The molecule has 0 fully saturated rings. The Balaban J connectivity index is 1.89. The van der Waals surface area contributed by atoms with Gasteiger partial charge in [0.25, 0.3) is 5.91 Å². The molecule has 26 heavy (non-hydrogen) atoms. The number of halogens is 4. The van der Waals surface area contributed by atoms with Gasteiger partial charge < -0.3 is 9.73 Å². The zero-order chi connectivity index (χ0) is 18.9. The summed E-state index contributed by atoms with van der Waals surface area (Å²) in [4.78, 5) is 12.5. The van der Waals surface area contributed by atoms with Gasteiger partial charge in [-0.15, -0.1) is 0 Å². The Bertz CT molecular complexity index is 949. The summed E-state index contributed by atoms with van der Waals surface area (Å²) in [6, 6.07) is 13.4. The van der Waals surface area contributed by atoms with Crippen LogP contribution in [0.4, 0.5) is 18.9 Å². The van der Waals surface area contributed by atoms with E-state index in [1.54, 1.807) is 13.0 Å². The van der Waals surface area contributed by atoms with Crippen LogP contribution in [0.25, 0.3) is 11.3 Å². The van der Waals surface area contributed by atoms with Crippen molar-refractivity contribution in [2.45, 2.75) is 13.1 Å². The number of hydrogen-bond donors (Lipinski definition) is 1. The fourth-order valence-corrected chi connectivity index (χ4v) is 2.60. The van der Waals surface area contributed by atoms with E-state index < -0.39 is 17.6 Å². The van der Waals surface area contributed by atoms with E-state index in [4.69, 9.17) is 16.0 Å². The molecular formula is C19H13ClF3NO2. The molecule has 1 heterocycles. The summed E-state index contributed by atoms with van der Waals surface area (Å²) in [5.74, 6) is 0.238. The maximum absolute atomic E-state index is 12.8. The summed E-state index contributed by atoms with van der Waals surface area (Å²) in [6.45, 7) is 1.61. The Morgan fingerprint density at radius 1 is 1.08 bits per heavy atom. The van der Waals surface area contributed by atoms with Crippen molar-refractivity contribution in [1.82, 2.24) is 0 Å². The lowest BCUT2D eigenvalue weighted by molar-refractivity contribution is -0.137. The number of hydrogen-bond acceptors (Lipinski definition) is 2. The van der Waals surface area contributed by atoms with Gasteiger partial charge in [-0.3, -0.25) is 4.79 Å². The molecule has 0 bridgehead atoms. The van der Waals surface area contributed by atoms with Crippen LogP contribution < -0.4 is 5.32 Å². The largest absolute Gasteiger partial charge is 0.461 e. The molecule has 1 N–H and O–H groups in total. The van der Waals surface area contributed by atoms with Gasteiger partial charge >= 0.3 is 6.18 Å². The maximum Gasteiger partial charge on any atom is 0.416 e. The van der Waals surface area contributed by atoms with Crippen LogP contribution in [-0.2, 0) is 6.18 Å². The average molecular weight is 380 g/mol. The number of nitrogens with one attached hydrogen (secondary N) is 1. The Labute approximate surface area is 152 Å². The summed E-state index contributed by atoms with van der Waals surface area (Å²) in [5.41, 5.74) is -0.0106.